The minimum absolute atomic E-state index is 0.280. The van der Waals surface area contributed by atoms with Gasteiger partial charge in [0, 0.05) is 26.7 Å². The molecule has 31 heavy (non-hydrogen) atoms. The quantitative estimate of drug-likeness (QED) is 0.518. The summed E-state index contributed by atoms with van der Waals surface area (Å²) >= 11 is 0. The third kappa shape index (κ3) is 4.33. The summed E-state index contributed by atoms with van der Waals surface area (Å²) in [6, 6.07) is 22.9. The molecule has 1 aliphatic rings. The first-order valence-electron chi connectivity index (χ1n) is 10.8. The van der Waals surface area contributed by atoms with Gasteiger partial charge in [-0.3, -0.25) is 4.90 Å². The molecule has 0 fully saturated rings. The highest BCUT2D eigenvalue weighted by atomic mass is 16.5. The average molecular weight is 414 g/mol. The van der Waals surface area contributed by atoms with Crippen LogP contribution in [0.15, 0.2) is 73.1 Å². The van der Waals surface area contributed by atoms with Gasteiger partial charge in [0.25, 0.3) is 0 Å². The Hall–Kier alpha value is -3.15. The van der Waals surface area contributed by atoms with E-state index in [4.69, 9.17) is 4.74 Å². The number of hydrogen-bond donors (Lipinski definition) is 1. The second-order valence-electron chi connectivity index (χ2n) is 8.31. The third-order valence-corrected chi connectivity index (χ3v) is 6.01. The van der Waals surface area contributed by atoms with Crippen molar-refractivity contribution in [2.24, 2.45) is 7.05 Å². The van der Waals surface area contributed by atoms with Gasteiger partial charge in [0.2, 0.25) is 0 Å². The summed E-state index contributed by atoms with van der Waals surface area (Å²) in [5.41, 5.74) is 7.08. The molecule has 5 rings (SSSR count). The largest absolute Gasteiger partial charge is 0.491 e. The number of aliphatic hydroxyl groups is 1. The minimum atomic E-state index is -0.528. The van der Waals surface area contributed by atoms with Crippen molar-refractivity contribution >= 4 is 11.0 Å². The van der Waals surface area contributed by atoms with Crippen LogP contribution >= 0.6 is 0 Å². The van der Waals surface area contributed by atoms with Gasteiger partial charge in [-0.15, -0.1) is 0 Å². The van der Waals surface area contributed by atoms with Crippen LogP contribution < -0.4 is 4.74 Å². The third-order valence-electron chi connectivity index (χ3n) is 6.01. The van der Waals surface area contributed by atoms with E-state index >= 15 is 0 Å². The molecule has 158 valence electrons. The first kappa shape index (κ1) is 19.8. The van der Waals surface area contributed by atoms with Crippen LogP contribution in [0.5, 0.6) is 5.75 Å². The molecule has 5 heteroatoms. The maximum Gasteiger partial charge on any atom is 0.120 e. The predicted molar refractivity (Wildman–Crippen MR) is 123 cm³/mol. The minimum Gasteiger partial charge on any atom is -0.491 e. The highest BCUT2D eigenvalue weighted by Crippen LogP contribution is 2.27. The Morgan fingerprint density at radius 1 is 1.00 bits per heavy atom. The lowest BCUT2D eigenvalue weighted by Crippen LogP contribution is -2.38. The number of hydrogen-bond acceptors (Lipinski definition) is 4. The molecule has 0 spiro atoms. The highest BCUT2D eigenvalue weighted by molar-refractivity contribution is 5.82. The molecular formula is C26H27N3O2. The Morgan fingerprint density at radius 2 is 1.84 bits per heavy atom. The molecule has 0 unspecified atom stereocenters. The summed E-state index contributed by atoms with van der Waals surface area (Å²) in [6.07, 6.45) is 2.34. The van der Waals surface area contributed by atoms with Crippen molar-refractivity contribution in [2.45, 2.75) is 19.1 Å². The van der Waals surface area contributed by atoms with E-state index in [0.29, 0.717) is 6.54 Å². The number of aliphatic hydroxyl groups excluding tert-OH is 1. The van der Waals surface area contributed by atoms with Gasteiger partial charge in [-0.05, 0) is 52.9 Å². The molecule has 0 bridgehead atoms. The van der Waals surface area contributed by atoms with Gasteiger partial charge in [-0.25, -0.2) is 4.98 Å². The maximum absolute atomic E-state index is 10.5. The van der Waals surface area contributed by atoms with Gasteiger partial charge in [-0.2, -0.15) is 0 Å². The van der Waals surface area contributed by atoms with Crippen molar-refractivity contribution in [3.05, 3.63) is 84.2 Å². The van der Waals surface area contributed by atoms with Crippen LogP contribution in [0.4, 0.5) is 0 Å². The summed E-state index contributed by atoms with van der Waals surface area (Å²) < 4.78 is 7.97. The normalized spacial score (nSPS) is 15.0. The molecule has 0 radical (unpaired) electrons. The lowest BCUT2D eigenvalue weighted by atomic mass is 10.00. The van der Waals surface area contributed by atoms with Crippen LogP contribution in [-0.2, 0) is 20.0 Å². The van der Waals surface area contributed by atoms with Crippen molar-refractivity contribution < 1.29 is 9.84 Å². The number of rotatable bonds is 6. The van der Waals surface area contributed by atoms with Crippen LogP contribution in [0, 0.1) is 0 Å². The SMILES string of the molecule is Cn1cnc2ccc(-c3cccc(OC[C@@H](O)CN4CCc5ccccc5C4)c3)cc21. The number of aryl methyl sites for hydroxylation is 1. The van der Waals surface area contributed by atoms with E-state index in [1.807, 2.05) is 42.2 Å². The van der Waals surface area contributed by atoms with Crippen molar-refractivity contribution in [1.82, 2.24) is 14.5 Å². The summed E-state index contributed by atoms with van der Waals surface area (Å²) in [5.74, 6) is 0.769. The molecule has 2 heterocycles. The second-order valence-corrected chi connectivity index (χ2v) is 8.31. The van der Waals surface area contributed by atoms with Crippen molar-refractivity contribution in [3.63, 3.8) is 0 Å². The van der Waals surface area contributed by atoms with Crippen LogP contribution in [-0.4, -0.2) is 45.4 Å². The Balaban J connectivity index is 1.21. The molecule has 1 aromatic heterocycles. The topological polar surface area (TPSA) is 50.5 Å². The van der Waals surface area contributed by atoms with Gasteiger partial charge in [0.1, 0.15) is 18.5 Å². The zero-order valence-electron chi connectivity index (χ0n) is 17.7. The predicted octanol–water partition coefficient (Wildman–Crippen LogP) is 4.04. The number of ether oxygens (including phenoxy) is 1. The fourth-order valence-electron chi connectivity index (χ4n) is 4.32. The van der Waals surface area contributed by atoms with E-state index in [2.05, 4.69) is 52.3 Å². The number of fused-ring (bicyclic) bond motifs is 2. The van der Waals surface area contributed by atoms with E-state index in [0.717, 1.165) is 47.4 Å². The molecule has 1 atom stereocenters. The Labute approximate surface area is 182 Å². The van der Waals surface area contributed by atoms with Gasteiger partial charge < -0.3 is 14.4 Å². The van der Waals surface area contributed by atoms with Crippen molar-refractivity contribution in [2.75, 3.05) is 19.7 Å². The molecule has 0 amide bonds. The van der Waals surface area contributed by atoms with E-state index in [9.17, 15) is 5.11 Å². The number of aromatic nitrogens is 2. The van der Waals surface area contributed by atoms with Gasteiger partial charge in [-0.1, -0.05) is 42.5 Å². The standard InChI is InChI=1S/C26H27N3O2/c1-28-18-27-25-10-9-21(14-26(25)28)20-7-4-8-24(13-20)31-17-23(30)16-29-12-11-19-5-2-3-6-22(19)15-29/h2-10,13-14,18,23,30H,11-12,15-17H2,1H3/t23-/m0/s1. The number of β-amino-alcohol motifs (C(OH)–C–C–N with tert-alkyl or cyclic N) is 1. The average Bonchev–Trinajstić information content (AvgIpc) is 3.18. The number of imidazole rings is 1. The van der Waals surface area contributed by atoms with Crippen LogP contribution in [0.25, 0.3) is 22.2 Å². The van der Waals surface area contributed by atoms with E-state index < -0.39 is 6.10 Å². The zero-order valence-corrected chi connectivity index (χ0v) is 17.7. The second kappa shape index (κ2) is 8.53. The van der Waals surface area contributed by atoms with Crippen LogP contribution in [0.1, 0.15) is 11.1 Å². The van der Waals surface area contributed by atoms with Crippen molar-refractivity contribution in [1.29, 1.82) is 0 Å². The molecule has 5 nitrogen and oxygen atoms in total. The summed E-state index contributed by atoms with van der Waals surface area (Å²) in [5, 5.41) is 10.5. The van der Waals surface area contributed by atoms with Gasteiger partial charge in [0.05, 0.1) is 17.4 Å². The highest BCUT2D eigenvalue weighted by Gasteiger charge is 2.18. The first-order valence-corrected chi connectivity index (χ1v) is 10.8. The summed E-state index contributed by atoms with van der Waals surface area (Å²) in [6.45, 7) is 2.76. The Kier molecular flexibility index (Phi) is 5.45. The lowest BCUT2D eigenvalue weighted by molar-refractivity contribution is 0.0638. The molecule has 1 aliphatic heterocycles. The first-order chi connectivity index (χ1) is 15.2. The van der Waals surface area contributed by atoms with Crippen LogP contribution in [0.2, 0.25) is 0 Å². The maximum atomic E-state index is 10.5. The fraction of sp³-hybridized carbons (Fsp3) is 0.269. The Morgan fingerprint density at radius 3 is 2.74 bits per heavy atom. The molecular weight excluding hydrogens is 386 g/mol. The number of benzene rings is 3. The van der Waals surface area contributed by atoms with E-state index in [-0.39, 0.29) is 6.61 Å². The smallest absolute Gasteiger partial charge is 0.120 e. The zero-order chi connectivity index (χ0) is 21.2. The molecule has 0 saturated carbocycles. The summed E-state index contributed by atoms with van der Waals surface area (Å²) in [4.78, 5) is 6.69. The van der Waals surface area contributed by atoms with Gasteiger partial charge in [0.15, 0.2) is 0 Å². The fourth-order valence-corrected chi connectivity index (χ4v) is 4.32. The Bertz CT molecular complexity index is 1200. The molecule has 1 N–H and O–H groups in total. The monoisotopic (exact) mass is 413 g/mol. The summed E-state index contributed by atoms with van der Waals surface area (Å²) in [7, 11) is 2.00. The van der Waals surface area contributed by atoms with E-state index in [1.165, 1.54) is 11.1 Å². The molecule has 3 aromatic carbocycles. The molecule has 0 aliphatic carbocycles. The molecule has 4 aromatic rings. The lowest BCUT2D eigenvalue weighted by Gasteiger charge is -2.30. The van der Waals surface area contributed by atoms with E-state index in [1.54, 1.807) is 0 Å². The van der Waals surface area contributed by atoms with Crippen molar-refractivity contribution in [3.8, 4) is 16.9 Å². The van der Waals surface area contributed by atoms with Crippen LogP contribution in [0.3, 0.4) is 0 Å². The molecule has 0 saturated heterocycles. The number of nitrogens with zero attached hydrogens (tertiary/aromatic N) is 3. The van der Waals surface area contributed by atoms with Gasteiger partial charge >= 0.3 is 0 Å².